The first kappa shape index (κ1) is 18.2. The number of carbonyl (C=O) groups is 1. The summed E-state index contributed by atoms with van der Waals surface area (Å²) in [6.07, 6.45) is 0.763. The van der Waals surface area contributed by atoms with Gasteiger partial charge in [-0.2, -0.15) is 0 Å². The fraction of sp³-hybridized carbons (Fsp3) is 0.316. The lowest BCUT2D eigenvalue weighted by atomic mass is 10.00. The third-order valence-corrected chi connectivity index (χ3v) is 5.21. The van der Waals surface area contributed by atoms with E-state index in [0.717, 1.165) is 18.5 Å². The van der Waals surface area contributed by atoms with Crippen LogP contribution in [0.2, 0.25) is 10.0 Å². The van der Waals surface area contributed by atoms with Gasteiger partial charge in [-0.1, -0.05) is 41.4 Å². The first-order valence-corrected chi connectivity index (χ1v) is 8.89. The van der Waals surface area contributed by atoms with E-state index in [4.69, 9.17) is 23.2 Å². The van der Waals surface area contributed by atoms with Gasteiger partial charge in [-0.05, 0) is 43.3 Å². The summed E-state index contributed by atoms with van der Waals surface area (Å²) >= 11 is 12.0. The number of likely N-dealkylation sites (N-methyl/N-ethyl adjacent to an activating group) is 1. The van der Waals surface area contributed by atoms with Crippen molar-refractivity contribution in [2.45, 2.75) is 24.9 Å². The van der Waals surface area contributed by atoms with Crippen LogP contribution in [0.5, 0.6) is 0 Å². The Morgan fingerprint density at radius 2 is 1.96 bits per heavy atom. The highest BCUT2D eigenvalue weighted by atomic mass is 35.5. The molecule has 2 atom stereocenters. The molecule has 1 aliphatic rings. The Bertz CT molecular complexity index is 746. The van der Waals surface area contributed by atoms with Gasteiger partial charge in [0, 0.05) is 28.2 Å². The molecule has 0 bridgehead atoms. The normalized spacial score (nSPS) is 20.6. The smallest absolute Gasteiger partial charge is 0.224 e. The molecule has 0 unspecified atom stereocenters. The van der Waals surface area contributed by atoms with Crippen molar-refractivity contribution in [1.29, 1.82) is 0 Å². The van der Waals surface area contributed by atoms with Gasteiger partial charge >= 0.3 is 0 Å². The van der Waals surface area contributed by atoms with Crippen LogP contribution in [0.4, 0.5) is 4.39 Å². The molecule has 1 saturated heterocycles. The Labute approximate surface area is 156 Å². The van der Waals surface area contributed by atoms with E-state index in [9.17, 15) is 9.18 Å². The Kier molecular flexibility index (Phi) is 5.62. The molecule has 0 saturated carbocycles. The quantitative estimate of drug-likeness (QED) is 0.860. The third kappa shape index (κ3) is 4.14. The van der Waals surface area contributed by atoms with E-state index in [2.05, 4.69) is 10.2 Å². The van der Waals surface area contributed by atoms with Gasteiger partial charge in [0.15, 0.2) is 0 Å². The highest BCUT2D eigenvalue weighted by molar-refractivity contribution is 6.31. The zero-order valence-corrected chi connectivity index (χ0v) is 15.3. The highest BCUT2D eigenvalue weighted by Gasteiger charge is 2.34. The second-order valence-corrected chi connectivity index (χ2v) is 7.16. The van der Waals surface area contributed by atoms with Crippen molar-refractivity contribution in [1.82, 2.24) is 10.2 Å². The van der Waals surface area contributed by atoms with Gasteiger partial charge in [-0.15, -0.1) is 0 Å². The minimum Gasteiger partial charge on any atom is -0.351 e. The van der Waals surface area contributed by atoms with Gasteiger partial charge < -0.3 is 5.32 Å². The van der Waals surface area contributed by atoms with E-state index in [-0.39, 0.29) is 35.0 Å². The lowest BCUT2D eigenvalue weighted by Crippen LogP contribution is -2.39. The number of rotatable bonds is 4. The van der Waals surface area contributed by atoms with Crippen LogP contribution < -0.4 is 5.32 Å². The van der Waals surface area contributed by atoms with E-state index in [1.54, 1.807) is 6.07 Å². The van der Waals surface area contributed by atoms with E-state index in [1.807, 2.05) is 31.3 Å². The Morgan fingerprint density at radius 1 is 1.24 bits per heavy atom. The van der Waals surface area contributed by atoms with Gasteiger partial charge in [0.2, 0.25) is 5.91 Å². The van der Waals surface area contributed by atoms with Crippen molar-refractivity contribution in [2.75, 3.05) is 13.6 Å². The highest BCUT2D eigenvalue weighted by Crippen LogP contribution is 2.31. The van der Waals surface area contributed by atoms with Crippen molar-refractivity contribution in [3.05, 3.63) is 69.5 Å². The molecule has 3 nitrogen and oxygen atoms in total. The molecule has 6 heteroatoms. The largest absolute Gasteiger partial charge is 0.351 e. The standard InChI is InChI=1S/C19H19Cl2FN2O/c1-24-10-9-17(19(24)12-5-7-13(20)8-6-12)23-18(25)11-14-15(21)3-2-4-16(14)22/h2-8,17,19H,9-11H2,1H3,(H,23,25)/t17-,19-/m1/s1. The summed E-state index contributed by atoms with van der Waals surface area (Å²) in [5.74, 6) is -0.688. The average Bonchev–Trinajstić information content (AvgIpc) is 2.92. The first-order chi connectivity index (χ1) is 12.0. The number of carbonyl (C=O) groups excluding carboxylic acids is 1. The summed E-state index contributed by atoms with van der Waals surface area (Å²) in [6, 6.07) is 12.1. The van der Waals surface area contributed by atoms with Crippen molar-refractivity contribution in [3.8, 4) is 0 Å². The Hall–Kier alpha value is -1.62. The summed E-state index contributed by atoms with van der Waals surface area (Å²) in [5, 5.41) is 3.99. The lowest BCUT2D eigenvalue weighted by molar-refractivity contribution is -0.121. The predicted octanol–water partition coefficient (Wildman–Crippen LogP) is 4.24. The fourth-order valence-electron chi connectivity index (χ4n) is 3.36. The van der Waals surface area contributed by atoms with E-state index in [1.165, 1.54) is 12.1 Å². The number of hydrogen-bond acceptors (Lipinski definition) is 2. The zero-order valence-electron chi connectivity index (χ0n) is 13.8. The zero-order chi connectivity index (χ0) is 18.0. The molecule has 2 aromatic rings. The fourth-order valence-corrected chi connectivity index (χ4v) is 3.72. The van der Waals surface area contributed by atoms with Crippen molar-refractivity contribution in [2.24, 2.45) is 0 Å². The molecule has 132 valence electrons. The minimum atomic E-state index is -0.458. The second kappa shape index (κ2) is 7.73. The minimum absolute atomic E-state index is 0.0378. The average molecular weight is 381 g/mol. The maximum atomic E-state index is 13.9. The van der Waals surface area contributed by atoms with Gasteiger partial charge in [0.05, 0.1) is 12.5 Å². The van der Waals surface area contributed by atoms with Gasteiger partial charge in [-0.25, -0.2) is 4.39 Å². The maximum Gasteiger partial charge on any atom is 0.224 e. The molecular weight excluding hydrogens is 362 g/mol. The van der Waals surface area contributed by atoms with Crippen molar-refractivity contribution < 1.29 is 9.18 Å². The Balaban J connectivity index is 1.72. The molecule has 0 radical (unpaired) electrons. The number of nitrogens with zero attached hydrogens (tertiary/aromatic N) is 1. The summed E-state index contributed by atoms with van der Waals surface area (Å²) in [4.78, 5) is 14.6. The van der Waals surface area contributed by atoms with Gasteiger partial charge in [-0.3, -0.25) is 9.69 Å². The maximum absolute atomic E-state index is 13.9. The molecule has 25 heavy (non-hydrogen) atoms. The van der Waals surface area contributed by atoms with Crippen LogP contribution in [0.15, 0.2) is 42.5 Å². The van der Waals surface area contributed by atoms with Crippen molar-refractivity contribution >= 4 is 29.1 Å². The van der Waals surface area contributed by atoms with Crippen LogP contribution in [0.25, 0.3) is 0 Å². The second-order valence-electron chi connectivity index (χ2n) is 6.32. The number of amides is 1. The predicted molar refractivity (Wildman–Crippen MR) is 98.5 cm³/mol. The molecular formula is C19H19Cl2FN2O. The lowest BCUT2D eigenvalue weighted by Gasteiger charge is -2.26. The number of nitrogens with one attached hydrogen (secondary N) is 1. The molecule has 1 heterocycles. The summed E-state index contributed by atoms with van der Waals surface area (Å²) in [6.45, 7) is 0.874. The van der Waals surface area contributed by atoms with Gasteiger partial charge in [0.25, 0.3) is 0 Å². The summed E-state index contributed by atoms with van der Waals surface area (Å²) in [7, 11) is 2.03. The van der Waals surface area contributed by atoms with Crippen molar-refractivity contribution in [3.63, 3.8) is 0 Å². The number of benzene rings is 2. The molecule has 1 N–H and O–H groups in total. The third-order valence-electron chi connectivity index (χ3n) is 4.61. The molecule has 1 fully saturated rings. The molecule has 2 aromatic carbocycles. The van der Waals surface area contributed by atoms with E-state index < -0.39 is 5.82 Å². The molecule has 0 spiro atoms. The van der Waals surface area contributed by atoms with Crippen LogP contribution in [-0.4, -0.2) is 30.4 Å². The topological polar surface area (TPSA) is 32.3 Å². The van der Waals surface area contributed by atoms with Crippen LogP contribution in [0.3, 0.4) is 0 Å². The SMILES string of the molecule is CN1CC[C@@H](NC(=O)Cc2c(F)cccc2Cl)[C@H]1c1ccc(Cl)cc1. The molecule has 3 rings (SSSR count). The molecule has 1 aliphatic heterocycles. The van der Waals surface area contributed by atoms with E-state index >= 15 is 0 Å². The molecule has 0 aromatic heterocycles. The van der Waals surface area contributed by atoms with Crippen LogP contribution >= 0.6 is 23.2 Å². The number of likely N-dealkylation sites (tertiary alicyclic amines) is 1. The van der Waals surface area contributed by atoms with Crippen LogP contribution in [-0.2, 0) is 11.2 Å². The molecule has 0 aliphatic carbocycles. The van der Waals surface area contributed by atoms with Crippen LogP contribution in [0.1, 0.15) is 23.6 Å². The monoisotopic (exact) mass is 380 g/mol. The van der Waals surface area contributed by atoms with Gasteiger partial charge in [0.1, 0.15) is 5.82 Å². The Morgan fingerprint density at radius 3 is 2.64 bits per heavy atom. The van der Waals surface area contributed by atoms with Crippen LogP contribution in [0, 0.1) is 5.82 Å². The summed E-state index contributed by atoms with van der Waals surface area (Å²) in [5.41, 5.74) is 1.33. The summed E-state index contributed by atoms with van der Waals surface area (Å²) < 4.78 is 13.9. The number of hydrogen-bond donors (Lipinski definition) is 1. The molecule has 1 amide bonds. The first-order valence-electron chi connectivity index (χ1n) is 8.13. The van der Waals surface area contributed by atoms with E-state index in [0.29, 0.717) is 5.02 Å². The number of halogens is 3.